The summed E-state index contributed by atoms with van der Waals surface area (Å²) >= 11 is 2.48. The van der Waals surface area contributed by atoms with Gasteiger partial charge in [0.15, 0.2) is 16.6 Å². The number of hydrogen-bond donors (Lipinski definition) is 0. The van der Waals surface area contributed by atoms with Crippen molar-refractivity contribution >= 4 is 39.2 Å². The summed E-state index contributed by atoms with van der Waals surface area (Å²) in [5.41, 5.74) is 0. The van der Waals surface area contributed by atoms with Crippen molar-refractivity contribution in [3.8, 4) is 0 Å². The van der Waals surface area contributed by atoms with Crippen molar-refractivity contribution < 1.29 is 8.85 Å². The average Bonchev–Trinajstić information content (AvgIpc) is 2.58. The summed E-state index contributed by atoms with van der Waals surface area (Å²) in [7, 11) is -3.02. The Labute approximate surface area is 155 Å². The fraction of sp³-hybridized carbons (Fsp3) is 1.00. The highest BCUT2D eigenvalue weighted by molar-refractivity contribution is 14.1. The second-order valence-corrected chi connectivity index (χ2v) is 16.9. The molecule has 0 fully saturated rings. The molecule has 0 bridgehead atoms. The molecule has 0 heterocycles. The summed E-state index contributed by atoms with van der Waals surface area (Å²) in [6.45, 7) is 14.7. The monoisotopic (exact) mass is 458 g/mol. The van der Waals surface area contributed by atoms with Crippen LogP contribution in [0.25, 0.3) is 0 Å². The van der Waals surface area contributed by atoms with Crippen LogP contribution in [0, 0.1) is 0 Å². The fourth-order valence-electron chi connectivity index (χ4n) is 3.16. The molecule has 1 unspecified atom stereocenters. The predicted octanol–water partition coefficient (Wildman–Crippen LogP) is 6.61. The molecule has 0 aromatic heterocycles. The van der Waals surface area contributed by atoms with Gasteiger partial charge in [0, 0.05) is 0 Å². The molecular weight excluding hydrogens is 419 g/mol. The molecule has 0 amide bonds. The quantitative estimate of drug-likeness (QED) is 0.166. The van der Waals surface area contributed by atoms with Crippen molar-refractivity contribution in [3.63, 3.8) is 0 Å². The molecule has 2 nitrogen and oxygen atoms in total. The van der Waals surface area contributed by atoms with E-state index in [1.807, 2.05) is 0 Å². The number of hydrogen-bond acceptors (Lipinski definition) is 2. The molecule has 22 heavy (non-hydrogen) atoms. The maximum Gasteiger partial charge on any atom is 0.192 e. The van der Waals surface area contributed by atoms with Crippen LogP contribution >= 0.6 is 22.6 Å². The lowest BCUT2D eigenvalue weighted by Crippen LogP contribution is -2.44. The summed E-state index contributed by atoms with van der Waals surface area (Å²) < 4.78 is 14.5. The Balaban J connectivity index is 4.83. The summed E-state index contributed by atoms with van der Waals surface area (Å²) in [4.78, 5) is 0. The minimum Gasteiger partial charge on any atom is -0.414 e. The molecule has 0 saturated heterocycles. The topological polar surface area (TPSA) is 18.5 Å². The molecule has 0 aliphatic carbocycles. The van der Waals surface area contributed by atoms with Crippen LogP contribution in [0.2, 0.25) is 36.3 Å². The molecule has 0 aliphatic rings. The van der Waals surface area contributed by atoms with Crippen LogP contribution in [0.1, 0.15) is 54.4 Å². The molecule has 1 atom stereocenters. The van der Waals surface area contributed by atoms with Gasteiger partial charge in [0.1, 0.15) is 0 Å². The first-order chi connectivity index (χ1) is 10.5. The standard InChI is InChI=1S/C17H39IO2Si2/c1-7-21(8-2,9-3)19-16-17(14-13-15-18)20-22(10-4,11-5)12-6/h17H,7-16H2,1-6H3. The molecule has 0 aromatic rings. The van der Waals surface area contributed by atoms with E-state index in [2.05, 4.69) is 64.1 Å². The maximum atomic E-state index is 6.75. The average molecular weight is 459 g/mol. The zero-order valence-corrected chi connectivity index (χ0v) is 20.0. The van der Waals surface area contributed by atoms with E-state index in [4.69, 9.17) is 8.85 Å². The highest BCUT2D eigenvalue weighted by atomic mass is 127. The van der Waals surface area contributed by atoms with E-state index in [1.165, 1.54) is 53.5 Å². The van der Waals surface area contributed by atoms with E-state index < -0.39 is 16.6 Å². The minimum atomic E-state index is -1.52. The third-order valence-corrected chi connectivity index (χ3v) is 15.6. The van der Waals surface area contributed by atoms with Crippen LogP contribution in [0.15, 0.2) is 0 Å². The zero-order chi connectivity index (χ0) is 17.1. The molecule has 134 valence electrons. The normalized spacial score (nSPS) is 14.3. The van der Waals surface area contributed by atoms with E-state index in [0.29, 0.717) is 6.10 Å². The Kier molecular flexibility index (Phi) is 13.1. The van der Waals surface area contributed by atoms with Crippen molar-refractivity contribution in [1.82, 2.24) is 0 Å². The lowest BCUT2D eigenvalue weighted by atomic mass is 10.2. The fourth-order valence-corrected chi connectivity index (χ4v) is 9.15. The molecular formula is C17H39IO2Si2. The maximum absolute atomic E-state index is 6.75. The minimum absolute atomic E-state index is 0.331. The summed E-state index contributed by atoms with van der Waals surface area (Å²) in [6, 6.07) is 7.40. The van der Waals surface area contributed by atoms with Gasteiger partial charge >= 0.3 is 0 Å². The molecule has 0 radical (unpaired) electrons. The lowest BCUT2D eigenvalue weighted by molar-refractivity contribution is 0.105. The molecule has 0 rings (SSSR count). The van der Waals surface area contributed by atoms with Crippen molar-refractivity contribution in [2.75, 3.05) is 11.0 Å². The second kappa shape index (κ2) is 12.4. The van der Waals surface area contributed by atoms with Gasteiger partial charge < -0.3 is 8.85 Å². The highest BCUT2D eigenvalue weighted by Gasteiger charge is 2.34. The number of alkyl halides is 1. The molecule has 0 N–H and O–H groups in total. The number of halogens is 1. The van der Waals surface area contributed by atoms with Gasteiger partial charge in [0.2, 0.25) is 0 Å². The molecule has 0 aliphatic heterocycles. The largest absolute Gasteiger partial charge is 0.414 e. The summed E-state index contributed by atoms with van der Waals surface area (Å²) in [6.07, 6.45) is 2.74. The van der Waals surface area contributed by atoms with Crippen LogP contribution in [0.3, 0.4) is 0 Å². The van der Waals surface area contributed by atoms with E-state index in [1.54, 1.807) is 0 Å². The second-order valence-electron chi connectivity index (χ2n) is 6.37. The summed E-state index contributed by atoms with van der Waals surface area (Å²) in [5.74, 6) is 0. The molecule has 0 spiro atoms. The Morgan fingerprint density at radius 2 is 1.23 bits per heavy atom. The van der Waals surface area contributed by atoms with Crippen molar-refractivity contribution in [2.24, 2.45) is 0 Å². The SMILES string of the molecule is CC[Si](CC)(CC)OCC(CCCI)O[Si](CC)(CC)CC. The van der Waals surface area contributed by atoms with E-state index in [-0.39, 0.29) is 0 Å². The highest BCUT2D eigenvalue weighted by Crippen LogP contribution is 2.27. The van der Waals surface area contributed by atoms with Crippen LogP contribution in [0.5, 0.6) is 0 Å². The van der Waals surface area contributed by atoms with Gasteiger partial charge in [-0.3, -0.25) is 0 Å². The van der Waals surface area contributed by atoms with Crippen molar-refractivity contribution in [2.45, 2.75) is 96.8 Å². The Morgan fingerprint density at radius 3 is 1.59 bits per heavy atom. The molecule has 0 aromatic carbocycles. The molecule has 5 heteroatoms. The van der Waals surface area contributed by atoms with Gasteiger partial charge in [-0.25, -0.2) is 0 Å². The van der Waals surface area contributed by atoms with Crippen LogP contribution in [0.4, 0.5) is 0 Å². The van der Waals surface area contributed by atoms with Gasteiger partial charge in [-0.2, -0.15) is 0 Å². The predicted molar refractivity (Wildman–Crippen MR) is 113 cm³/mol. The van der Waals surface area contributed by atoms with Crippen LogP contribution in [-0.4, -0.2) is 33.8 Å². The first kappa shape index (κ1) is 23.1. The van der Waals surface area contributed by atoms with Crippen LogP contribution in [-0.2, 0) is 8.85 Å². The van der Waals surface area contributed by atoms with E-state index in [0.717, 1.165) is 6.61 Å². The van der Waals surface area contributed by atoms with Gasteiger partial charge in [-0.05, 0) is 53.5 Å². The smallest absolute Gasteiger partial charge is 0.192 e. The Morgan fingerprint density at radius 1 is 0.773 bits per heavy atom. The number of rotatable bonds is 14. The molecule has 0 saturated carbocycles. The van der Waals surface area contributed by atoms with Gasteiger partial charge in [0.05, 0.1) is 12.7 Å². The van der Waals surface area contributed by atoms with E-state index >= 15 is 0 Å². The van der Waals surface area contributed by atoms with Crippen molar-refractivity contribution in [3.05, 3.63) is 0 Å². The van der Waals surface area contributed by atoms with Gasteiger partial charge in [-0.1, -0.05) is 64.1 Å². The van der Waals surface area contributed by atoms with Gasteiger partial charge in [-0.15, -0.1) is 0 Å². The Bertz CT molecular complexity index is 253. The Hall–Kier alpha value is 1.08. The van der Waals surface area contributed by atoms with Gasteiger partial charge in [0.25, 0.3) is 0 Å². The van der Waals surface area contributed by atoms with Crippen LogP contribution < -0.4 is 0 Å². The third kappa shape index (κ3) is 7.32. The van der Waals surface area contributed by atoms with E-state index in [9.17, 15) is 0 Å². The summed E-state index contributed by atoms with van der Waals surface area (Å²) in [5, 5.41) is 0. The first-order valence-corrected chi connectivity index (χ1v) is 16.0. The third-order valence-electron chi connectivity index (χ3n) is 5.52. The van der Waals surface area contributed by atoms with Crippen molar-refractivity contribution in [1.29, 1.82) is 0 Å². The first-order valence-electron chi connectivity index (χ1n) is 9.38. The lowest BCUT2D eigenvalue weighted by Gasteiger charge is -2.36. The zero-order valence-electron chi connectivity index (χ0n) is 15.8.